The van der Waals surface area contributed by atoms with E-state index in [9.17, 15) is 0 Å². The summed E-state index contributed by atoms with van der Waals surface area (Å²) >= 11 is 3.49. The second-order valence-corrected chi connectivity index (χ2v) is 4.53. The summed E-state index contributed by atoms with van der Waals surface area (Å²) in [5.74, 6) is 0. The molecule has 1 atom stereocenters. The lowest BCUT2D eigenvalue weighted by Crippen LogP contribution is -2.28. The highest BCUT2D eigenvalue weighted by Crippen LogP contribution is 2.19. The lowest BCUT2D eigenvalue weighted by molar-refractivity contribution is 0.494. The number of halogens is 1. The van der Waals surface area contributed by atoms with Gasteiger partial charge in [-0.05, 0) is 42.7 Å². The molecule has 4 nitrogen and oxygen atoms in total. The molecule has 5 heteroatoms. The molecule has 0 bridgehead atoms. The van der Waals surface area contributed by atoms with Crippen molar-refractivity contribution in [2.24, 2.45) is 0 Å². The molecule has 1 unspecified atom stereocenters. The Morgan fingerprint density at radius 1 is 1.56 bits per heavy atom. The standard InChI is InChI=1S/C11H17BrN4/c1-4-14-10(7-13)5-6-16-9(3)11(12)8(2)15-16/h10,14H,4-6H2,1-3H3. The first-order valence-electron chi connectivity index (χ1n) is 5.42. The summed E-state index contributed by atoms with van der Waals surface area (Å²) in [5.41, 5.74) is 2.11. The molecule has 88 valence electrons. The van der Waals surface area contributed by atoms with Crippen LogP contribution in [-0.4, -0.2) is 22.4 Å². The molecule has 0 aromatic carbocycles. The van der Waals surface area contributed by atoms with Gasteiger partial charge in [0.2, 0.25) is 0 Å². The van der Waals surface area contributed by atoms with E-state index in [1.54, 1.807) is 0 Å². The van der Waals surface area contributed by atoms with Crippen LogP contribution < -0.4 is 5.32 Å². The number of hydrogen-bond donors (Lipinski definition) is 1. The molecule has 1 aromatic rings. The molecule has 0 radical (unpaired) electrons. The predicted molar refractivity (Wildman–Crippen MR) is 67.1 cm³/mol. The minimum absolute atomic E-state index is 0.0901. The third-order valence-electron chi connectivity index (χ3n) is 2.53. The monoisotopic (exact) mass is 284 g/mol. The largest absolute Gasteiger partial charge is 0.302 e. The zero-order chi connectivity index (χ0) is 12.1. The van der Waals surface area contributed by atoms with Crippen LogP contribution in [0.25, 0.3) is 0 Å². The van der Waals surface area contributed by atoms with Gasteiger partial charge in [-0.1, -0.05) is 6.92 Å². The van der Waals surface area contributed by atoms with Crippen molar-refractivity contribution in [3.8, 4) is 6.07 Å². The average Bonchev–Trinajstić information content (AvgIpc) is 2.52. The molecule has 0 fully saturated rings. The van der Waals surface area contributed by atoms with E-state index < -0.39 is 0 Å². The van der Waals surface area contributed by atoms with E-state index in [1.165, 1.54) is 0 Å². The normalized spacial score (nSPS) is 12.4. The molecule has 0 aliphatic carbocycles. The fourth-order valence-corrected chi connectivity index (χ4v) is 1.89. The van der Waals surface area contributed by atoms with Gasteiger partial charge >= 0.3 is 0 Å². The third-order valence-corrected chi connectivity index (χ3v) is 3.68. The van der Waals surface area contributed by atoms with Crippen molar-refractivity contribution in [3.63, 3.8) is 0 Å². The van der Waals surface area contributed by atoms with Crippen molar-refractivity contribution in [1.29, 1.82) is 5.26 Å². The van der Waals surface area contributed by atoms with Gasteiger partial charge in [-0.2, -0.15) is 10.4 Å². The van der Waals surface area contributed by atoms with E-state index in [1.807, 2.05) is 25.5 Å². The molecule has 0 amide bonds. The fraction of sp³-hybridized carbons (Fsp3) is 0.636. The van der Waals surface area contributed by atoms with Crippen LogP contribution in [0.2, 0.25) is 0 Å². The minimum Gasteiger partial charge on any atom is -0.302 e. The quantitative estimate of drug-likeness (QED) is 0.902. The Labute approximate surface area is 105 Å². The highest BCUT2D eigenvalue weighted by molar-refractivity contribution is 9.10. The van der Waals surface area contributed by atoms with Gasteiger partial charge < -0.3 is 5.32 Å². The number of nitrogens with one attached hydrogen (secondary N) is 1. The van der Waals surface area contributed by atoms with Gasteiger partial charge in [0.25, 0.3) is 0 Å². The lowest BCUT2D eigenvalue weighted by Gasteiger charge is -2.10. The van der Waals surface area contributed by atoms with Gasteiger partial charge in [-0.25, -0.2) is 0 Å². The molecule has 0 saturated heterocycles. The lowest BCUT2D eigenvalue weighted by atomic mass is 10.2. The van der Waals surface area contributed by atoms with E-state index in [2.05, 4.69) is 32.4 Å². The Kier molecular flexibility index (Phi) is 4.97. The molecule has 1 rings (SSSR count). The van der Waals surface area contributed by atoms with Crippen molar-refractivity contribution in [1.82, 2.24) is 15.1 Å². The summed E-state index contributed by atoms with van der Waals surface area (Å²) in [7, 11) is 0. The van der Waals surface area contributed by atoms with Gasteiger partial charge in [-0.3, -0.25) is 4.68 Å². The predicted octanol–water partition coefficient (Wildman–Crippen LogP) is 2.15. The van der Waals surface area contributed by atoms with Gasteiger partial charge in [0, 0.05) is 12.2 Å². The zero-order valence-electron chi connectivity index (χ0n) is 9.92. The topological polar surface area (TPSA) is 53.6 Å². The minimum atomic E-state index is -0.0901. The van der Waals surface area contributed by atoms with Crippen LogP contribution in [0.5, 0.6) is 0 Å². The first-order valence-corrected chi connectivity index (χ1v) is 6.22. The Morgan fingerprint density at radius 2 is 2.25 bits per heavy atom. The number of rotatable bonds is 5. The number of nitrogens with zero attached hydrogens (tertiary/aromatic N) is 3. The van der Waals surface area contributed by atoms with E-state index >= 15 is 0 Å². The van der Waals surface area contributed by atoms with Crippen molar-refractivity contribution >= 4 is 15.9 Å². The highest BCUT2D eigenvalue weighted by atomic mass is 79.9. The van der Waals surface area contributed by atoms with Crippen LogP contribution in [0.15, 0.2) is 4.47 Å². The van der Waals surface area contributed by atoms with Crippen LogP contribution in [0.4, 0.5) is 0 Å². The van der Waals surface area contributed by atoms with Crippen molar-refractivity contribution in [3.05, 3.63) is 15.9 Å². The highest BCUT2D eigenvalue weighted by Gasteiger charge is 2.10. The second kappa shape index (κ2) is 6.02. The third kappa shape index (κ3) is 3.06. The SMILES string of the molecule is CCNC(C#N)CCn1nc(C)c(Br)c1C. The summed E-state index contributed by atoms with van der Waals surface area (Å²) in [6.45, 7) is 7.59. The Balaban J connectivity index is 2.61. The zero-order valence-corrected chi connectivity index (χ0v) is 11.5. The van der Waals surface area contributed by atoms with Gasteiger partial charge in [-0.15, -0.1) is 0 Å². The fourth-order valence-electron chi connectivity index (χ4n) is 1.60. The molecule has 1 heterocycles. The van der Waals surface area contributed by atoms with E-state index in [4.69, 9.17) is 5.26 Å². The van der Waals surface area contributed by atoms with Gasteiger partial charge in [0.1, 0.15) is 0 Å². The van der Waals surface area contributed by atoms with Crippen LogP contribution in [0, 0.1) is 25.2 Å². The van der Waals surface area contributed by atoms with Gasteiger partial charge in [0.05, 0.1) is 22.3 Å². The summed E-state index contributed by atoms with van der Waals surface area (Å²) in [5, 5.41) is 16.5. The average molecular weight is 285 g/mol. The van der Waals surface area contributed by atoms with Gasteiger partial charge in [0.15, 0.2) is 0 Å². The molecule has 0 spiro atoms. The first-order chi connectivity index (χ1) is 7.60. The maximum absolute atomic E-state index is 8.91. The van der Waals surface area contributed by atoms with Crippen LogP contribution in [-0.2, 0) is 6.54 Å². The van der Waals surface area contributed by atoms with Crippen molar-refractivity contribution in [2.75, 3.05) is 6.54 Å². The smallest absolute Gasteiger partial charge is 0.0970 e. The Bertz CT molecular complexity index is 391. The van der Waals surface area contributed by atoms with E-state index in [0.717, 1.165) is 35.4 Å². The van der Waals surface area contributed by atoms with Crippen LogP contribution >= 0.6 is 15.9 Å². The maximum atomic E-state index is 8.91. The molecule has 1 N–H and O–H groups in total. The molecule has 0 aliphatic heterocycles. The van der Waals surface area contributed by atoms with E-state index in [-0.39, 0.29) is 6.04 Å². The number of aryl methyl sites for hydroxylation is 2. The van der Waals surface area contributed by atoms with Crippen molar-refractivity contribution < 1.29 is 0 Å². The van der Waals surface area contributed by atoms with Crippen LogP contribution in [0.3, 0.4) is 0 Å². The second-order valence-electron chi connectivity index (χ2n) is 3.74. The number of hydrogen-bond acceptors (Lipinski definition) is 3. The Morgan fingerprint density at radius 3 is 2.69 bits per heavy atom. The van der Waals surface area contributed by atoms with Crippen LogP contribution in [0.1, 0.15) is 24.7 Å². The summed E-state index contributed by atoms with van der Waals surface area (Å²) < 4.78 is 3.01. The number of nitriles is 1. The Hall–Kier alpha value is -0.860. The molecule has 0 aliphatic rings. The molecular formula is C11H17BrN4. The first kappa shape index (κ1) is 13.2. The number of aromatic nitrogens is 2. The molecular weight excluding hydrogens is 268 g/mol. The molecule has 1 aromatic heterocycles. The summed E-state index contributed by atoms with van der Waals surface area (Å²) in [4.78, 5) is 0. The van der Waals surface area contributed by atoms with E-state index in [0.29, 0.717) is 0 Å². The summed E-state index contributed by atoms with van der Waals surface area (Å²) in [6.07, 6.45) is 0.777. The maximum Gasteiger partial charge on any atom is 0.0970 e. The molecule has 0 saturated carbocycles. The molecule has 16 heavy (non-hydrogen) atoms. The van der Waals surface area contributed by atoms with Crippen molar-refractivity contribution in [2.45, 2.75) is 39.8 Å². The summed E-state index contributed by atoms with van der Waals surface area (Å²) in [6, 6.07) is 2.16.